The van der Waals surface area contributed by atoms with Crippen LogP contribution < -0.4 is 5.32 Å². The van der Waals surface area contributed by atoms with Gasteiger partial charge in [0.05, 0.1) is 6.61 Å². The average Bonchev–Trinajstić information content (AvgIpc) is 2.79. The number of ether oxygens (including phenoxy) is 1. The van der Waals surface area contributed by atoms with Crippen LogP contribution in [0.2, 0.25) is 0 Å². The van der Waals surface area contributed by atoms with Crippen LogP contribution in [-0.4, -0.2) is 67.6 Å². The third-order valence-electron chi connectivity index (χ3n) is 2.82. The summed E-state index contributed by atoms with van der Waals surface area (Å²) in [6.07, 6.45) is -2.51. The van der Waals surface area contributed by atoms with Gasteiger partial charge < -0.3 is 20.1 Å². The maximum absolute atomic E-state index is 11.9. The van der Waals surface area contributed by atoms with E-state index in [0.29, 0.717) is 6.54 Å². The molecule has 0 aromatic heterocycles. The molecule has 1 atom stereocenters. The Hall–Kier alpha value is -0.860. The van der Waals surface area contributed by atoms with Crippen LogP contribution in [0.4, 0.5) is 13.2 Å². The molecule has 0 aromatic rings. The Morgan fingerprint density at radius 2 is 2.21 bits per heavy atom. The second-order valence-corrected chi connectivity index (χ2v) is 4.46. The van der Waals surface area contributed by atoms with Crippen LogP contribution in [0.3, 0.4) is 0 Å². The minimum absolute atomic E-state index is 0.104. The molecule has 2 N–H and O–H groups in total. The van der Waals surface area contributed by atoms with Crippen LogP contribution in [0.5, 0.6) is 0 Å². The highest BCUT2D eigenvalue weighted by molar-refractivity contribution is 5.77. The van der Waals surface area contributed by atoms with Crippen LogP contribution in [0.15, 0.2) is 0 Å². The second-order valence-electron chi connectivity index (χ2n) is 4.46. The number of hydrogen-bond donors (Lipinski definition) is 2. The molecule has 0 bridgehead atoms. The molecule has 112 valence electrons. The fourth-order valence-electron chi connectivity index (χ4n) is 1.96. The summed E-state index contributed by atoms with van der Waals surface area (Å²) in [4.78, 5) is 13.0. The quantitative estimate of drug-likeness (QED) is 0.698. The normalized spacial score (nSPS) is 19.7. The lowest BCUT2D eigenvalue weighted by Crippen LogP contribution is -2.44. The molecule has 1 aliphatic rings. The standard InChI is InChI=1S/C11H19F3N2O3/c12-11(13,14)8-19-7-10(18)16(4-5-17)6-9-2-1-3-15-9/h9,15,17H,1-8H2. The maximum atomic E-state index is 11.9. The summed E-state index contributed by atoms with van der Waals surface area (Å²) in [7, 11) is 0. The summed E-state index contributed by atoms with van der Waals surface area (Å²) < 4.78 is 40.0. The number of nitrogens with one attached hydrogen (secondary N) is 1. The Labute approximate surface area is 109 Å². The number of hydrogen-bond acceptors (Lipinski definition) is 4. The van der Waals surface area contributed by atoms with E-state index < -0.39 is 25.3 Å². The van der Waals surface area contributed by atoms with E-state index in [-0.39, 0.29) is 19.2 Å². The van der Waals surface area contributed by atoms with Crippen molar-refractivity contribution in [1.82, 2.24) is 10.2 Å². The molecule has 0 radical (unpaired) electrons. The number of nitrogens with zero attached hydrogens (tertiary/aromatic N) is 1. The average molecular weight is 284 g/mol. The predicted molar refractivity (Wildman–Crippen MR) is 61.6 cm³/mol. The molecule has 8 heteroatoms. The molecule has 1 heterocycles. The Bertz CT molecular complexity index is 281. The van der Waals surface area contributed by atoms with Gasteiger partial charge in [0, 0.05) is 19.1 Å². The first-order chi connectivity index (χ1) is 8.92. The zero-order chi connectivity index (χ0) is 14.3. The van der Waals surface area contributed by atoms with Crippen molar-refractivity contribution in [1.29, 1.82) is 0 Å². The molecule has 1 saturated heterocycles. The zero-order valence-electron chi connectivity index (χ0n) is 10.6. The van der Waals surface area contributed by atoms with Gasteiger partial charge in [0.1, 0.15) is 13.2 Å². The lowest BCUT2D eigenvalue weighted by molar-refractivity contribution is -0.178. The van der Waals surface area contributed by atoms with E-state index >= 15 is 0 Å². The lowest BCUT2D eigenvalue weighted by atomic mass is 10.2. The molecule has 0 aliphatic carbocycles. The predicted octanol–water partition coefficient (Wildman–Crippen LogP) is 0.138. The highest BCUT2D eigenvalue weighted by Gasteiger charge is 2.28. The fraction of sp³-hybridized carbons (Fsp3) is 0.909. The van der Waals surface area contributed by atoms with Gasteiger partial charge in [-0.05, 0) is 19.4 Å². The summed E-state index contributed by atoms with van der Waals surface area (Å²) in [6.45, 7) is -0.922. The first kappa shape index (κ1) is 16.2. The third-order valence-corrected chi connectivity index (χ3v) is 2.82. The van der Waals surface area contributed by atoms with Crippen LogP contribution in [0.25, 0.3) is 0 Å². The van der Waals surface area contributed by atoms with Gasteiger partial charge in [-0.3, -0.25) is 4.79 Å². The van der Waals surface area contributed by atoms with Crippen molar-refractivity contribution in [2.75, 3.05) is 39.5 Å². The molecule has 1 amide bonds. The molecular formula is C11H19F3N2O3. The van der Waals surface area contributed by atoms with Gasteiger partial charge >= 0.3 is 6.18 Å². The number of carbonyl (C=O) groups excluding carboxylic acids is 1. The van der Waals surface area contributed by atoms with Crippen molar-refractivity contribution in [2.45, 2.75) is 25.1 Å². The second kappa shape index (κ2) is 7.66. The first-order valence-electron chi connectivity index (χ1n) is 6.19. The van der Waals surface area contributed by atoms with Crippen LogP contribution >= 0.6 is 0 Å². The van der Waals surface area contributed by atoms with Gasteiger partial charge in [0.15, 0.2) is 0 Å². The van der Waals surface area contributed by atoms with Crippen molar-refractivity contribution < 1.29 is 27.8 Å². The van der Waals surface area contributed by atoms with Crippen LogP contribution in [0.1, 0.15) is 12.8 Å². The first-order valence-corrected chi connectivity index (χ1v) is 6.19. The summed E-state index contributed by atoms with van der Waals surface area (Å²) in [5, 5.41) is 12.1. The van der Waals surface area contributed by atoms with Gasteiger partial charge in [-0.1, -0.05) is 0 Å². The van der Waals surface area contributed by atoms with E-state index in [0.717, 1.165) is 19.4 Å². The highest BCUT2D eigenvalue weighted by Crippen LogP contribution is 2.14. The Morgan fingerprint density at radius 1 is 1.47 bits per heavy atom. The Balaban J connectivity index is 2.34. The van der Waals surface area contributed by atoms with Crippen molar-refractivity contribution in [3.8, 4) is 0 Å². The fourth-order valence-corrected chi connectivity index (χ4v) is 1.96. The largest absolute Gasteiger partial charge is 0.411 e. The van der Waals surface area contributed by atoms with Gasteiger partial charge in [0.2, 0.25) is 5.91 Å². The van der Waals surface area contributed by atoms with Gasteiger partial charge in [-0.25, -0.2) is 0 Å². The molecule has 1 unspecified atom stereocenters. The van der Waals surface area contributed by atoms with E-state index in [9.17, 15) is 18.0 Å². The molecular weight excluding hydrogens is 265 g/mol. The minimum atomic E-state index is -4.44. The maximum Gasteiger partial charge on any atom is 0.411 e. The number of aliphatic hydroxyl groups excluding tert-OH is 1. The van der Waals surface area contributed by atoms with E-state index in [1.165, 1.54) is 4.90 Å². The molecule has 0 saturated carbocycles. The van der Waals surface area contributed by atoms with Gasteiger partial charge in [-0.15, -0.1) is 0 Å². The lowest BCUT2D eigenvalue weighted by Gasteiger charge is -2.25. The van der Waals surface area contributed by atoms with Crippen molar-refractivity contribution in [3.63, 3.8) is 0 Å². The molecule has 0 spiro atoms. The molecule has 1 rings (SSSR count). The van der Waals surface area contributed by atoms with Crippen LogP contribution in [-0.2, 0) is 9.53 Å². The zero-order valence-corrected chi connectivity index (χ0v) is 10.6. The third kappa shape index (κ3) is 6.74. The van der Waals surface area contributed by atoms with Gasteiger partial charge in [-0.2, -0.15) is 13.2 Å². The van der Waals surface area contributed by atoms with Crippen molar-refractivity contribution >= 4 is 5.91 Å². The summed E-state index contributed by atoms with van der Waals surface area (Å²) in [5.74, 6) is -0.535. The van der Waals surface area contributed by atoms with Gasteiger partial charge in [0.25, 0.3) is 0 Å². The molecule has 19 heavy (non-hydrogen) atoms. The highest BCUT2D eigenvalue weighted by atomic mass is 19.4. The number of aliphatic hydroxyl groups is 1. The molecule has 0 aromatic carbocycles. The monoisotopic (exact) mass is 284 g/mol. The van der Waals surface area contributed by atoms with E-state index in [4.69, 9.17) is 5.11 Å². The van der Waals surface area contributed by atoms with Crippen LogP contribution in [0, 0.1) is 0 Å². The SMILES string of the molecule is O=C(COCC(F)(F)F)N(CCO)CC1CCCN1. The van der Waals surface area contributed by atoms with E-state index in [1.807, 2.05) is 0 Å². The van der Waals surface area contributed by atoms with Crippen molar-refractivity contribution in [3.05, 3.63) is 0 Å². The smallest absolute Gasteiger partial charge is 0.395 e. The summed E-state index contributed by atoms with van der Waals surface area (Å²) in [6, 6.07) is 0.137. The molecule has 1 aliphatic heterocycles. The molecule has 5 nitrogen and oxygen atoms in total. The molecule has 1 fully saturated rings. The number of rotatable bonds is 7. The number of amides is 1. The number of alkyl halides is 3. The van der Waals surface area contributed by atoms with E-state index in [2.05, 4.69) is 10.1 Å². The Morgan fingerprint density at radius 3 is 2.74 bits per heavy atom. The minimum Gasteiger partial charge on any atom is -0.395 e. The topological polar surface area (TPSA) is 61.8 Å². The number of halogens is 3. The summed E-state index contributed by atoms with van der Waals surface area (Å²) in [5.41, 5.74) is 0. The number of carbonyl (C=O) groups is 1. The summed E-state index contributed by atoms with van der Waals surface area (Å²) >= 11 is 0. The Kier molecular flexibility index (Phi) is 6.53. The van der Waals surface area contributed by atoms with Crippen molar-refractivity contribution in [2.24, 2.45) is 0 Å². The van der Waals surface area contributed by atoms with E-state index in [1.54, 1.807) is 0 Å².